The van der Waals surface area contributed by atoms with Crippen molar-refractivity contribution in [2.24, 2.45) is 16.7 Å². The number of aliphatic hydroxyl groups excluding tert-OH is 1. The van der Waals surface area contributed by atoms with E-state index in [9.17, 15) is 18.3 Å². The molecule has 1 N–H and O–H groups in total. The Morgan fingerprint density at radius 2 is 1.50 bits per heavy atom. The Bertz CT molecular complexity index is 471. The maximum Gasteiger partial charge on any atom is 0.416 e. The van der Waals surface area contributed by atoms with Crippen LogP contribution < -0.4 is 0 Å². The standard InChI is InChI=1S/C16H21F3O/c1-14(2)13(15(14,3)4)12(20)9-10-5-7-11(8-6-10)16(17,18)19/h5-8,12-13,20H,9H2,1-4H3. The van der Waals surface area contributed by atoms with Gasteiger partial charge in [-0.1, -0.05) is 39.8 Å². The summed E-state index contributed by atoms with van der Waals surface area (Å²) in [5.74, 6) is 0.178. The second-order valence-electron chi connectivity index (χ2n) is 6.89. The van der Waals surface area contributed by atoms with Crippen molar-refractivity contribution < 1.29 is 18.3 Å². The fourth-order valence-corrected chi connectivity index (χ4v) is 3.40. The van der Waals surface area contributed by atoms with Crippen LogP contribution in [0.25, 0.3) is 0 Å². The summed E-state index contributed by atoms with van der Waals surface area (Å²) < 4.78 is 37.4. The molecule has 1 atom stereocenters. The van der Waals surface area contributed by atoms with Gasteiger partial charge in [0.15, 0.2) is 0 Å². The van der Waals surface area contributed by atoms with Gasteiger partial charge in [-0.3, -0.25) is 0 Å². The second-order valence-corrected chi connectivity index (χ2v) is 6.89. The van der Waals surface area contributed by atoms with Gasteiger partial charge >= 0.3 is 6.18 Å². The molecule has 1 aliphatic carbocycles. The van der Waals surface area contributed by atoms with E-state index in [-0.39, 0.29) is 16.7 Å². The SMILES string of the molecule is CC1(C)C(C(O)Cc2ccc(C(F)(F)F)cc2)C1(C)C. The molecule has 0 radical (unpaired) electrons. The topological polar surface area (TPSA) is 20.2 Å². The van der Waals surface area contributed by atoms with E-state index in [1.165, 1.54) is 12.1 Å². The molecule has 1 unspecified atom stereocenters. The smallest absolute Gasteiger partial charge is 0.392 e. The maximum absolute atomic E-state index is 12.5. The van der Waals surface area contributed by atoms with Crippen molar-refractivity contribution in [3.8, 4) is 0 Å². The minimum absolute atomic E-state index is 0.0678. The summed E-state index contributed by atoms with van der Waals surface area (Å²) in [6.45, 7) is 8.47. The molecule has 0 aromatic heterocycles. The molecule has 1 fully saturated rings. The number of hydrogen-bond donors (Lipinski definition) is 1. The molecular formula is C16H21F3O. The third kappa shape index (κ3) is 2.46. The van der Waals surface area contributed by atoms with Crippen LogP contribution in [-0.2, 0) is 12.6 Å². The first-order chi connectivity index (χ1) is 8.98. The molecule has 0 spiro atoms. The van der Waals surface area contributed by atoms with Gasteiger partial charge in [0.25, 0.3) is 0 Å². The van der Waals surface area contributed by atoms with Gasteiger partial charge in [-0.05, 0) is 40.9 Å². The molecule has 1 aliphatic rings. The van der Waals surface area contributed by atoms with Gasteiger partial charge in [0, 0.05) is 0 Å². The molecule has 1 nitrogen and oxygen atoms in total. The third-order valence-corrected chi connectivity index (χ3v) is 5.24. The Kier molecular flexibility index (Phi) is 3.44. The van der Waals surface area contributed by atoms with Crippen molar-refractivity contribution in [2.75, 3.05) is 0 Å². The quantitative estimate of drug-likeness (QED) is 0.878. The Morgan fingerprint density at radius 1 is 1.05 bits per heavy atom. The zero-order chi connectivity index (χ0) is 15.3. The van der Waals surface area contributed by atoms with E-state index < -0.39 is 17.8 Å². The summed E-state index contributed by atoms with van der Waals surface area (Å²) in [6, 6.07) is 5.05. The van der Waals surface area contributed by atoms with Crippen LogP contribution in [0.4, 0.5) is 13.2 Å². The van der Waals surface area contributed by atoms with Crippen LogP contribution in [0.5, 0.6) is 0 Å². The number of hydrogen-bond acceptors (Lipinski definition) is 1. The lowest BCUT2D eigenvalue weighted by molar-refractivity contribution is -0.137. The lowest BCUT2D eigenvalue weighted by atomic mass is 9.99. The van der Waals surface area contributed by atoms with Crippen molar-refractivity contribution in [2.45, 2.75) is 46.4 Å². The minimum atomic E-state index is -4.31. The highest BCUT2D eigenvalue weighted by Crippen LogP contribution is 2.69. The van der Waals surface area contributed by atoms with E-state index in [4.69, 9.17) is 0 Å². The largest absolute Gasteiger partial charge is 0.416 e. The summed E-state index contributed by atoms with van der Waals surface area (Å²) in [7, 11) is 0. The summed E-state index contributed by atoms with van der Waals surface area (Å²) >= 11 is 0. The van der Waals surface area contributed by atoms with Gasteiger partial charge < -0.3 is 5.11 Å². The molecule has 4 heteroatoms. The lowest BCUT2D eigenvalue weighted by Crippen LogP contribution is -2.17. The highest BCUT2D eigenvalue weighted by molar-refractivity contribution is 5.26. The average Bonchev–Trinajstić information content (AvgIpc) is 2.68. The number of halogens is 3. The van der Waals surface area contributed by atoms with Gasteiger partial charge in [-0.15, -0.1) is 0 Å². The number of benzene rings is 1. The minimum Gasteiger partial charge on any atom is -0.392 e. The monoisotopic (exact) mass is 286 g/mol. The first kappa shape index (κ1) is 15.4. The molecule has 1 aromatic carbocycles. The average molecular weight is 286 g/mol. The molecule has 112 valence electrons. The molecule has 20 heavy (non-hydrogen) atoms. The highest BCUT2D eigenvalue weighted by atomic mass is 19.4. The molecule has 1 saturated carbocycles. The molecule has 1 aromatic rings. The first-order valence-electron chi connectivity index (χ1n) is 6.82. The van der Waals surface area contributed by atoms with Crippen LogP contribution in [0.3, 0.4) is 0 Å². The van der Waals surface area contributed by atoms with Gasteiger partial charge in [0.1, 0.15) is 0 Å². The zero-order valence-corrected chi connectivity index (χ0v) is 12.3. The van der Waals surface area contributed by atoms with Crippen molar-refractivity contribution in [3.05, 3.63) is 35.4 Å². The van der Waals surface area contributed by atoms with Crippen LogP contribution in [0, 0.1) is 16.7 Å². The van der Waals surface area contributed by atoms with E-state index in [2.05, 4.69) is 27.7 Å². The maximum atomic E-state index is 12.5. The van der Waals surface area contributed by atoms with E-state index >= 15 is 0 Å². The predicted octanol–water partition coefficient (Wildman–Crippen LogP) is 4.29. The second kappa shape index (κ2) is 4.48. The van der Waals surface area contributed by atoms with E-state index in [1.54, 1.807) is 0 Å². The summed E-state index contributed by atoms with van der Waals surface area (Å²) in [4.78, 5) is 0. The van der Waals surface area contributed by atoms with Crippen molar-refractivity contribution in [3.63, 3.8) is 0 Å². The van der Waals surface area contributed by atoms with Gasteiger partial charge in [-0.25, -0.2) is 0 Å². The van der Waals surface area contributed by atoms with Crippen molar-refractivity contribution in [1.82, 2.24) is 0 Å². The normalized spacial score (nSPS) is 22.6. The van der Waals surface area contributed by atoms with Crippen molar-refractivity contribution in [1.29, 1.82) is 0 Å². The zero-order valence-electron chi connectivity index (χ0n) is 12.3. The molecular weight excluding hydrogens is 265 g/mol. The number of alkyl halides is 3. The van der Waals surface area contributed by atoms with Crippen LogP contribution in [-0.4, -0.2) is 11.2 Å². The fourth-order valence-electron chi connectivity index (χ4n) is 3.40. The third-order valence-electron chi connectivity index (χ3n) is 5.24. The fraction of sp³-hybridized carbons (Fsp3) is 0.625. The van der Waals surface area contributed by atoms with Crippen LogP contribution in [0.15, 0.2) is 24.3 Å². The Labute approximate surface area is 117 Å². The number of rotatable bonds is 3. The van der Waals surface area contributed by atoms with Crippen LogP contribution in [0.2, 0.25) is 0 Å². The summed E-state index contributed by atoms with van der Waals surface area (Å²) in [5, 5.41) is 10.3. The lowest BCUT2D eigenvalue weighted by Gasteiger charge is -2.13. The first-order valence-corrected chi connectivity index (χ1v) is 6.82. The highest BCUT2D eigenvalue weighted by Gasteiger charge is 2.66. The molecule has 0 aliphatic heterocycles. The number of aliphatic hydroxyl groups is 1. The van der Waals surface area contributed by atoms with Crippen LogP contribution in [0.1, 0.15) is 38.8 Å². The molecule has 0 saturated heterocycles. The van der Waals surface area contributed by atoms with E-state index in [0.29, 0.717) is 6.42 Å². The summed E-state index contributed by atoms with van der Waals surface area (Å²) in [6.07, 6.45) is -4.43. The van der Waals surface area contributed by atoms with E-state index in [0.717, 1.165) is 17.7 Å². The molecule has 0 bridgehead atoms. The molecule has 2 rings (SSSR count). The Hall–Kier alpha value is -1.03. The van der Waals surface area contributed by atoms with Gasteiger partial charge in [-0.2, -0.15) is 13.2 Å². The predicted molar refractivity (Wildman–Crippen MR) is 72.2 cm³/mol. The Balaban J connectivity index is 2.05. The molecule has 0 heterocycles. The van der Waals surface area contributed by atoms with E-state index in [1.807, 2.05) is 0 Å². The summed E-state index contributed by atoms with van der Waals surface area (Å²) in [5.41, 5.74) is 0.225. The Morgan fingerprint density at radius 3 is 1.85 bits per heavy atom. The molecule has 0 amide bonds. The van der Waals surface area contributed by atoms with Gasteiger partial charge in [0.05, 0.1) is 11.7 Å². The van der Waals surface area contributed by atoms with Crippen molar-refractivity contribution >= 4 is 0 Å². The van der Waals surface area contributed by atoms with Crippen LogP contribution >= 0.6 is 0 Å². The van der Waals surface area contributed by atoms with Gasteiger partial charge in [0.2, 0.25) is 0 Å².